The van der Waals surface area contributed by atoms with Gasteiger partial charge in [0.2, 0.25) is 6.29 Å². The van der Waals surface area contributed by atoms with Crippen LogP contribution in [0.15, 0.2) is 76.9 Å². The fourth-order valence-electron chi connectivity index (χ4n) is 4.58. The van der Waals surface area contributed by atoms with Gasteiger partial charge in [-0.25, -0.2) is 4.99 Å². The molecule has 0 bridgehead atoms. The molecule has 2 aromatic carbocycles. The van der Waals surface area contributed by atoms with E-state index in [1.165, 1.54) is 33.4 Å². The lowest BCUT2D eigenvalue weighted by molar-refractivity contribution is 0.172. The van der Waals surface area contributed by atoms with Crippen molar-refractivity contribution in [1.82, 2.24) is 14.8 Å². The van der Waals surface area contributed by atoms with Gasteiger partial charge in [0.05, 0.1) is 5.52 Å². The molecule has 4 nitrogen and oxygen atoms in total. The summed E-state index contributed by atoms with van der Waals surface area (Å²) in [6.45, 7) is 7.34. The summed E-state index contributed by atoms with van der Waals surface area (Å²) in [6.07, 6.45) is 3.09. The minimum absolute atomic E-state index is 0.0515. The van der Waals surface area contributed by atoms with Crippen molar-refractivity contribution in [2.45, 2.75) is 39.0 Å². The number of nitrogens with zero attached hydrogens (tertiary/aromatic N) is 3. The highest BCUT2D eigenvalue weighted by Gasteiger charge is 2.31. The molecule has 1 aromatic heterocycles. The van der Waals surface area contributed by atoms with Gasteiger partial charge in [0.25, 0.3) is 0 Å². The van der Waals surface area contributed by atoms with Crippen LogP contribution in [0.25, 0.3) is 10.9 Å². The van der Waals surface area contributed by atoms with Crippen LogP contribution in [0.2, 0.25) is 0 Å². The number of hydrogen-bond donors (Lipinski definition) is 1. The summed E-state index contributed by atoms with van der Waals surface area (Å²) < 4.78 is 2.45. The highest BCUT2D eigenvalue weighted by atomic mass is 15.4. The number of fused-ring (bicyclic) bond motifs is 1. The van der Waals surface area contributed by atoms with Crippen LogP contribution in [0.5, 0.6) is 0 Å². The molecule has 4 heteroatoms. The lowest BCUT2D eigenvalue weighted by atomic mass is 10.0. The van der Waals surface area contributed by atoms with E-state index < -0.39 is 0 Å². The van der Waals surface area contributed by atoms with Gasteiger partial charge in [-0.3, -0.25) is 0 Å². The maximum atomic E-state index is 5.09. The number of nitrogens with one attached hydrogen (secondary N) is 1. The standard InChI is InChI=1S/C25H28N4/c1-18(2)24-14-20-10-6-7-11-23(20)29(24)25-27-16-21-15-26-13-12-22(21)28(25)17-19-8-4-3-5-9-19/h3-11,14,16,18,25-26H,12-13,15,17H2,1-2H3. The van der Waals surface area contributed by atoms with Crippen molar-refractivity contribution in [2.75, 3.05) is 13.1 Å². The van der Waals surface area contributed by atoms with Crippen molar-refractivity contribution in [3.05, 3.63) is 83.2 Å². The van der Waals surface area contributed by atoms with Crippen molar-refractivity contribution in [3.63, 3.8) is 0 Å². The number of para-hydroxylation sites is 1. The maximum absolute atomic E-state index is 5.09. The molecule has 29 heavy (non-hydrogen) atoms. The molecule has 3 aromatic rings. The summed E-state index contributed by atoms with van der Waals surface area (Å²) in [7, 11) is 0. The lowest BCUT2D eigenvalue weighted by Crippen LogP contribution is -2.40. The molecule has 0 radical (unpaired) electrons. The van der Waals surface area contributed by atoms with E-state index in [-0.39, 0.29) is 6.29 Å². The molecule has 3 heterocycles. The van der Waals surface area contributed by atoms with Crippen molar-refractivity contribution < 1.29 is 0 Å². The second-order valence-corrected chi connectivity index (χ2v) is 8.29. The van der Waals surface area contributed by atoms with Crippen molar-refractivity contribution in [2.24, 2.45) is 4.99 Å². The molecule has 1 unspecified atom stereocenters. The van der Waals surface area contributed by atoms with Crippen LogP contribution in [-0.2, 0) is 6.54 Å². The minimum atomic E-state index is -0.0515. The van der Waals surface area contributed by atoms with E-state index in [2.05, 4.69) is 95.5 Å². The van der Waals surface area contributed by atoms with Crippen molar-refractivity contribution >= 4 is 17.1 Å². The second-order valence-electron chi connectivity index (χ2n) is 8.29. The molecule has 2 aliphatic rings. The Kier molecular flexibility index (Phi) is 4.72. The molecule has 0 fully saturated rings. The van der Waals surface area contributed by atoms with Crippen LogP contribution in [0.4, 0.5) is 0 Å². The van der Waals surface area contributed by atoms with Crippen LogP contribution in [0.1, 0.15) is 43.7 Å². The average Bonchev–Trinajstić information content (AvgIpc) is 3.15. The van der Waals surface area contributed by atoms with Gasteiger partial charge in [-0.2, -0.15) is 0 Å². The van der Waals surface area contributed by atoms with Crippen LogP contribution in [0, 0.1) is 0 Å². The second kappa shape index (κ2) is 7.53. The predicted octanol–water partition coefficient (Wildman–Crippen LogP) is 5.05. The van der Waals surface area contributed by atoms with Gasteiger partial charge in [-0.1, -0.05) is 62.4 Å². The van der Waals surface area contributed by atoms with Gasteiger partial charge in [0.15, 0.2) is 0 Å². The van der Waals surface area contributed by atoms with Gasteiger partial charge in [0.1, 0.15) is 0 Å². The highest BCUT2D eigenvalue weighted by Crippen LogP contribution is 2.37. The topological polar surface area (TPSA) is 32.6 Å². The monoisotopic (exact) mass is 384 g/mol. The first-order valence-corrected chi connectivity index (χ1v) is 10.6. The summed E-state index contributed by atoms with van der Waals surface area (Å²) in [4.78, 5) is 7.61. The Morgan fingerprint density at radius 3 is 2.69 bits per heavy atom. The summed E-state index contributed by atoms with van der Waals surface area (Å²) in [6, 6.07) is 21.8. The zero-order valence-electron chi connectivity index (χ0n) is 17.2. The van der Waals surface area contributed by atoms with Gasteiger partial charge in [0, 0.05) is 54.6 Å². The van der Waals surface area contributed by atoms with Crippen LogP contribution in [-0.4, -0.2) is 28.8 Å². The van der Waals surface area contributed by atoms with Gasteiger partial charge in [-0.05, 0) is 23.6 Å². The Labute approximate surface area is 172 Å². The first-order chi connectivity index (χ1) is 14.2. The Morgan fingerprint density at radius 1 is 1.07 bits per heavy atom. The third kappa shape index (κ3) is 3.28. The first-order valence-electron chi connectivity index (χ1n) is 10.6. The Bertz CT molecular complexity index is 1070. The van der Waals surface area contributed by atoms with Crippen molar-refractivity contribution in [3.8, 4) is 0 Å². The van der Waals surface area contributed by atoms with Crippen LogP contribution < -0.4 is 5.32 Å². The average molecular weight is 385 g/mol. The number of aliphatic imine (C=N–C) groups is 1. The quantitative estimate of drug-likeness (QED) is 0.682. The maximum Gasteiger partial charge on any atom is 0.203 e. The number of hydrogen-bond acceptors (Lipinski definition) is 3. The summed E-state index contributed by atoms with van der Waals surface area (Å²) in [5.74, 6) is 0.430. The molecule has 0 aliphatic carbocycles. The summed E-state index contributed by atoms with van der Waals surface area (Å²) in [5.41, 5.74) is 6.67. The van der Waals surface area contributed by atoms with Gasteiger partial charge < -0.3 is 14.8 Å². The summed E-state index contributed by atoms with van der Waals surface area (Å²) in [5, 5.41) is 4.78. The van der Waals surface area contributed by atoms with E-state index in [1.54, 1.807) is 0 Å². The predicted molar refractivity (Wildman–Crippen MR) is 120 cm³/mol. The highest BCUT2D eigenvalue weighted by molar-refractivity contribution is 5.83. The molecular weight excluding hydrogens is 356 g/mol. The zero-order chi connectivity index (χ0) is 19.8. The van der Waals surface area contributed by atoms with Crippen molar-refractivity contribution in [1.29, 1.82) is 0 Å². The molecular formula is C25H28N4. The zero-order valence-corrected chi connectivity index (χ0v) is 17.2. The molecule has 2 aliphatic heterocycles. The van der Waals surface area contributed by atoms with E-state index in [4.69, 9.17) is 4.99 Å². The van der Waals surface area contributed by atoms with E-state index in [9.17, 15) is 0 Å². The Balaban J connectivity index is 1.65. The first kappa shape index (κ1) is 18.2. The normalized spacial score (nSPS) is 19.3. The number of aromatic nitrogens is 1. The smallest absolute Gasteiger partial charge is 0.203 e. The molecule has 148 valence electrons. The molecule has 0 amide bonds. The Morgan fingerprint density at radius 2 is 1.86 bits per heavy atom. The molecule has 0 spiro atoms. The third-order valence-corrected chi connectivity index (χ3v) is 6.01. The van der Waals surface area contributed by atoms with Gasteiger partial charge in [-0.15, -0.1) is 0 Å². The third-order valence-electron chi connectivity index (χ3n) is 6.01. The molecule has 1 N–H and O–H groups in total. The molecule has 5 rings (SSSR count). The van der Waals surface area contributed by atoms with E-state index in [0.29, 0.717) is 5.92 Å². The lowest BCUT2D eigenvalue weighted by Gasteiger charge is -2.40. The fraction of sp³-hybridized carbons (Fsp3) is 0.320. The fourth-order valence-corrected chi connectivity index (χ4v) is 4.58. The van der Waals surface area contributed by atoms with E-state index >= 15 is 0 Å². The largest absolute Gasteiger partial charge is 0.331 e. The summed E-state index contributed by atoms with van der Waals surface area (Å²) >= 11 is 0. The molecule has 1 atom stereocenters. The van der Waals surface area contributed by atoms with Crippen LogP contribution in [0.3, 0.4) is 0 Å². The number of rotatable bonds is 4. The van der Waals surface area contributed by atoms with Crippen LogP contribution >= 0.6 is 0 Å². The molecule has 0 saturated carbocycles. The van der Waals surface area contributed by atoms with Gasteiger partial charge >= 0.3 is 0 Å². The SMILES string of the molecule is CC(C)c1cc2ccccc2n1C1N=CC2=C(CCNC2)N1Cc1ccccc1. The Hall–Kier alpha value is -2.85. The van der Waals surface area contributed by atoms with E-state index in [1.807, 2.05) is 0 Å². The minimum Gasteiger partial charge on any atom is -0.331 e. The van der Waals surface area contributed by atoms with E-state index in [0.717, 1.165) is 26.1 Å². The number of benzene rings is 2. The molecule has 0 saturated heterocycles.